The van der Waals surface area contributed by atoms with Crippen LogP contribution in [-0.4, -0.2) is 25.0 Å². The van der Waals surface area contributed by atoms with Gasteiger partial charge in [-0.3, -0.25) is 4.79 Å². The van der Waals surface area contributed by atoms with E-state index in [1.54, 1.807) is 0 Å². The molecule has 0 spiro atoms. The summed E-state index contributed by atoms with van der Waals surface area (Å²) in [5, 5.41) is 6.42. The number of nitrogens with one attached hydrogen (secondary N) is 2. The zero-order chi connectivity index (χ0) is 10.2. The summed E-state index contributed by atoms with van der Waals surface area (Å²) in [5.74, 6) is 0.537. The van der Waals surface area contributed by atoms with Gasteiger partial charge in [0.15, 0.2) is 0 Å². The normalized spacial score (nSPS) is 31.1. The molecule has 80 valence electrons. The number of piperidine rings is 1. The summed E-state index contributed by atoms with van der Waals surface area (Å²) >= 11 is 0. The lowest BCUT2D eigenvalue weighted by Crippen LogP contribution is -2.39. The predicted octanol–water partition coefficient (Wildman–Crippen LogP) is 0.901. The van der Waals surface area contributed by atoms with Crippen LogP contribution in [-0.2, 0) is 4.79 Å². The van der Waals surface area contributed by atoms with Crippen molar-refractivity contribution in [3.63, 3.8) is 0 Å². The van der Waals surface area contributed by atoms with Crippen molar-refractivity contribution in [2.75, 3.05) is 13.1 Å². The monoisotopic (exact) mass is 196 g/mol. The summed E-state index contributed by atoms with van der Waals surface area (Å²) in [7, 11) is 0. The van der Waals surface area contributed by atoms with E-state index >= 15 is 0 Å². The van der Waals surface area contributed by atoms with Crippen LogP contribution in [0.25, 0.3) is 0 Å². The van der Waals surface area contributed by atoms with Crippen LogP contribution in [0.5, 0.6) is 0 Å². The summed E-state index contributed by atoms with van der Waals surface area (Å²) in [6.45, 7) is 6.40. The average Bonchev–Trinajstić information content (AvgIpc) is 2.75. The predicted molar refractivity (Wildman–Crippen MR) is 55.9 cm³/mol. The molecule has 2 aliphatic rings. The Bertz CT molecular complexity index is 231. The van der Waals surface area contributed by atoms with Crippen molar-refractivity contribution < 1.29 is 4.79 Å². The van der Waals surface area contributed by atoms with Crippen LogP contribution < -0.4 is 10.6 Å². The smallest absolute Gasteiger partial charge is 0.223 e. The maximum atomic E-state index is 11.8. The van der Waals surface area contributed by atoms with Crippen molar-refractivity contribution in [2.24, 2.45) is 11.3 Å². The molecule has 1 heterocycles. The first kappa shape index (κ1) is 9.97. The third-order valence-electron chi connectivity index (χ3n) is 3.54. The third-order valence-corrected chi connectivity index (χ3v) is 3.54. The van der Waals surface area contributed by atoms with Gasteiger partial charge in [-0.1, -0.05) is 13.8 Å². The standard InChI is InChI=1S/C11H20N2O/c1-11(2)7-9(11)13-10(14)8-3-5-12-6-4-8/h8-9,12H,3-7H2,1-2H3,(H,13,14). The number of hydrogen-bond acceptors (Lipinski definition) is 2. The Labute approximate surface area is 85.6 Å². The fourth-order valence-electron chi connectivity index (χ4n) is 2.09. The molecular weight excluding hydrogens is 176 g/mol. The lowest BCUT2D eigenvalue weighted by atomic mass is 9.97. The highest BCUT2D eigenvalue weighted by Crippen LogP contribution is 2.44. The Balaban J connectivity index is 1.78. The van der Waals surface area contributed by atoms with Crippen LogP contribution in [0.3, 0.4) is 0 Å². The van der Waals surface area contributed by atoms with Gasteiger partial charge in [0, 0.05) is 12.0 Å². The Kier molecular flexibility index (Phi) is 2.52. The van der Waals surface area contributed by atoms with Crippen molar-refractivity contribution in [1.82, 2.24) is 10.6 Å². The van der Waals surface area contributed by atoms with E-state index in [-0.39, 0.29) is 11.8 Å². The van der Waals surface area contributed by atoms with Crippen LogP contribution in [0, 0.1) is 11.3 Å². The zero-order valence-electron chi connectivity index (χ0n) is 9.10. The second-order valence-electron chi connectivity index (χ2n) is 5.28. The summed E-state index contributed by atoms with van der Waals surface area (Å²) in [6, 6.07) is 0.435. The highest BCUT2D eigenvalue weighted by atomic mass is 16.2. The quantitative estimate of drug-likeness (QED) is 0.689. The van der Waals surface area contributed by atoms with E-state index in [0.29, 0.717) is 11.5 Å². The molecule has 0 bridgehead atoms. The average molecular weight is 196 g/mol. The number of rotatable bonds is 2. The number of carbonyl (C=O) groups excluding carboxylic acids is 1. The first-order valence-corrected chi connectivity index (χ1v) is 5.61. The topological polar surface area (TPSA) is 41.1 Å². The molecule has 1 aliphatic carbocycles. The van der Waals surface area contributed by atoms with Gasteiger partial charge in [-0.25, -0.2) is 0 Å². The van der Waals surface area contributed by atoms with Crippen LogP contribution >= 0.6 is 0 Å². The molecule has 1 saturated carbocycles. The van der Waals surface area contributed by atoms with Crippen molar-refractivity contribution in [2.45, 2.75) is 39.2 Å². The Hall–Kier alpha value is -0.570. The summed E-state index contributed by atoms with van der Waals surface area (Å²) in [4.78, 5) is 11.8. The number of hydrogen-bond donors (Lipinski definition) is 2. The molecule has 14 heavy (non-hydrogen) atoms. The molecule has 1 saturated heterocycles. The van der Waals surface area contributed by atoms with Gasteiger partial charge in [-0.15, -0.1) is 0 Å². The molecule has 2 fully saturated rings. The van der Waals surface area contributed by atoms with E-state index in [4.69, 9.17) is 0 Å². The second-order valence-corrected chi connectivity index (χ2v) is 5.28. The maximum absolute atomic E-state index is 11.8. The maximum Gasteiger partial charge on any atom is 0.223 e. The van der Waals surface area contributed by atoms with E-state index in [2.05, 4.69) is 24.5 Å². The van der Waals surface area contributed by atoms with Gasteiger partial charge in [0.2, 0.25) is 5.91 Å². The summed E-state index contributed by atoms with van der Waals surface area (Å²) < 4.78 is 0. The summed E-state index contributed by atoms with van der Waals surface area (Å²) in [6.07, 6.45) is 3.14. The van der Waals surface area contributed by atoms with Gasteiger partial charge in [-0.05, 0) is 37.8 Å². The number of carbonyl (C=O) groups is 1. The zero-order valence-corrected chi connectivity index (χ0v) is 9.10. The highest BCUT2D eigenvalue weighted by molar-refractivity contribution is 5.79. The Morgan fingerprint density at radius 2 is 1.93 bits per heavy atom. The van der Waals surface area contributed by atoms with Gasteiger partial charge in [0.05, 0.1) is 0 Å². The first-order valence-electron chi connectivity index (χ1n) is 5.61. The minimum Gasteiger partial charge on any atom is -0.353 e. The van der Waals surface area contributed by atoms with Crippen LogP contribution in [0.1, 0.15) is 33.1 Å². The molecule has 2 N–H and O–H groups in total. The lowest BCUT2D eigenvalue weighted by molar-refractivity contribution is -0.126. The van der Waals surface area contributed by atoms with E-state index in [1.807, 2.05) is 0 Å². The summed E-state index contributed by atoms with van der Waals surface area (Å²) in [5.41, 5.74) is 0.350. The third kappa shape index (κ3) is 2.08. The lowest BCUT2D eigenvalue weighted by Gasteiger charge is -2.22. The molecule has 0 aromatic rings. The van der Waals surface area contributed by atoms with Crippen molar-refractivity contribution in [3.8, 4) is 0 Å². The molecular formula is C11H20N2O. The van der Waals surface area contributed by atoms with E-state index in [0.717, 1.165) is 32.4 Å². The fraction of sp³-hybridized carbons (Fsp3) is 0.909. The Morgan fingerprint density at radius 3 is 2.43 bits per heavy atom. The highest BCUT2D eigenvalue weighted by Gasteiger charge is 2.47. The molecule has 3 nitrogen and oxygen atoms in total. The van der Waals surface area contributed by atoms with Crippen molar-refractivity contribution in [1.29, 1.82) is 0 Å². The molecule has 2 rings (SSSR count). The van der Waals surface area contributed by atoms with Gasteiger partial charge in [-0.2, -0.15) is 0 Å². The Morgan fingerprint density at radius 1 is 1.36 bits per heavy atom. The largest absolute Gasteiger partial charge is 0.353 e. The van der Waals surface area contributed by atoms with E-state index in [1.165, 1.54) is 0 Å². The van der Waals surface area contributed by atoms with Crippen LogP contribution in [0.15, 0.2) is 0 Å². The van der Waals surface area contributed by atoms with Gasteiger partial charge >= 0.3 is 0 Å². The molecule has 0 aromatic carbocycles. The fourth-order valence-corrected chi connectivity index (χ4v) is 2.09. The molecule has 0 aromatic heterocycles. The SMILES string of the molecule is CC1(C)CC1NC(=O)C1CCNCC1. The van der Waals surface area contributed by atoms with E-state index in [9.17, 15) is 4.79 Å². The van der Waals surface area contributed by atoms with Crippen LogP contribution in [0.2, 0.25) is 0 Å². The van der Waals surface area contributed by atoms with Gasteiger partial charge in [0.1, 0.15) is 0 Å². The van der Waals surface area contributed by atoms with Gasteiger partial charge < -0.3 is 10.6 Å². The van der Waals surface area contributed by atoms with Crippen molar-refractivity contribution in [3.05, 3.63) is 0 Å². The van der Waals surface area contributed by atoms with E-state index < -0.39 is 0 Å². The molecule has 1 unspecified atom stereocenters. The minimum absolute atomic E-state index is 0.257. The van der Waals surface area contributed by atoms with Gasteiger partial charge in [0.25, 0.3) is 0 Å². The molecule has 1 atom stereocenters. The molecule has 0 radical (unpaired) electrons. The molecule has 1 amide bonds. The molecule has 1 aliphatic heterocycles. The second kappa shape index (κ2) is 3.54. The molecule has 3 heteroatoms. The number of amides is 1. The van der Waals surface area contributed by atoms with Crippen molar-refractivity contribution >= 4 is 5.91 Å². The minimum atomic E-state index is 0.257. The first-order chi connectivity index (χ1) is 6.59. The van der Waals surface area contributed by atoms with Crippen LogP contribution in [0.4, 0.5) is 0 Å².